The van der Waals surface area contributed by atoms with Gasteiger partial charge in [-0.1, -0.05) is 18.2 Å². The summed E-state index contributed by atoms with van der Waals surface area (Å²) in [4.78, 5) is 13.6. The van der Waals surface area contributed by atoms with E-state index < -0.39 is 5.72 Å². The number of fused-ring (bicyclic) bond motifs is 1. The van der Waals surface area contributed by atoms with Crippen molar-refractivity contribution in [2.75, 3.05) is 33.8 Å². The molecule has 1 N–H and O–H groups in total. The molecule has 2 aliphatic heterocycles. The number of nitrogens with zero attached hydrogens (tertiary/aromatic N) is 4. The normalized spacial score (nSPS) is 28.0. The van der Waals surface area contributed by atoms with Crippen LogP contribution in [0, 0.1) is 0 Å². The third kappa shape index (κ3) is 3.10. The second-order valence-corrected chi connectivity index (χ2v) is 7.34. The van der Waals surface area contributed by atoms with Crippen LogP contribution in [0.4, 0.5) is 0 Å². The first-order chi connectivity index (χ1) is 12.1. The highest BCUT2D eigenvalue weighted by Crippen LogP contribution is 2.34. The van der Waals surface area contributed by atoms with E-state index in [0.29, 0.717) is 12.1 Å². The Kier molecular flexibility index (Phi) is 4.35. The Hall–Kier alpha value is -1.76. The van der Waals surface area contributed by atoms with E-state index in [2.05, 4.69) is 23.0 Å². The van der Waals surface area contributed by atoms with Crippen LogP contribution in [0.3, 0.4) is 0 Å². The fourth-order valence-electron chi connectivity index (χ4n) is 4.01. The van der Waals surface area contributed by atoms with E-state index in [9.17, 15) is 5.11 Å². The molecule has 25 heavy (non-hydrogen) atoms. The average molecular weight is 342 g/mol. The first kappa shape index (κ1) is 16.7. The van der Waals surface area contributed by atoms with Gasteiger partial charge in [-0.3, -0.25) is 9.80 Å². The van der Waals surface area contributed by atoms with Crippen molar-refractivity contribution >= 4 is 10.9 Å². The molecule has 1 aromatic carbocycles. The molecule has 3 heterocycles. The zero-order chi connectivity index (χ0) is 17.4. The second kappa shape index (κ2) is 6.52. The quantitative estimate of drug-likeness (QED) is 0.919. The summed E-state index contributed by atoms with van der Waals surface area (Å²) in [5.41, 5.74) is 1.02. The van der Waals surface area contributed by atoms with E-state index in [1.807, 2.05) is 30.1 Å². The smallest absolute Gasteiger partial charge is 0.317 e. The van der Waals surface area contributed by atoms with E-state index in [-0.39, 0.29) is 6.61 Å². The van der Waals surface area contributed by atoms with Crippen LogP contribution in [0.5, 0.6) is 6.01 Å². The lowest BCUT2D eigenvalue weighted by Gasteiger charge is -2.29. The zero-order valence-corrected chi connectivity index (χ0v) is 15.0. The van der Waals surface area contributed by atoms with E-state index in [4.69, 9.17) is 9.72 Å². The van der Waals surface area contributed by atoms with Crippen LogP contribution in [0.25, 0.3) is 10.9 Å². The number of likely N-dealkylation sites (tertiary alicyclic amines) is 2. The minimum Gasteiger partial charge on any atom is -0.459 e. The molecule has 134 valence electrons. The Morgan fingerprint density at radius 2 is 2.04 bits per heavy atom. The Morgan fingerprint density at radius 1 is 1.20 bits per heavy atom. The summed E-state index contributed by atoms with van der Waals surface area (Å²) in [5.74, 6) is 0. The summed E-state index contributed by atoms with van der Waals surface area (Å²) in [6.07, 6.45) is 3.98. The number of para-hydroxylation sites is 1. The number of hydrogen-bond donors (Lipinski definition) is 1. The molecule has 2 saturated heterocycles. The summed E-state index contributed by atoms with van der Waals surface area (Å²) in [6, 6.07) is 8.76. The van der Waals surface area contributed by atoms with E-state index in [1.54, 1.807) is 0 Å². The van der Waals surface area contributed by atoms with Crippen molar-refractivity contribution in [3.63, 3.8) is 0 Å². The summed E-state index contributed by atoms with van der Waals surface area (Å²) >= 11 is 0. The maximum atomic E-state index is 10.7. The Balaban J connectivity index is 1.65. The summed E-state index contributed by atoms with van der Waals surface area (Å²) in [7, 11) is 4.07. The highest BCUT2D eigenvalue weighted by Gasteiger charge is 2.37. The predicted octanol–water partition coefficient (Wildman–Crippen LogP) is 2.19. The lowest BCUT2D eigenvalue weighted by atomic mass is 10.1. The molecule has 6 heteroatoms. The zero-order valence-electron chi connectivity index (χ0n) is 15.0. The van der Waals surface area contributed by atoms with Crippen LogP contribution in [0.1, 0.15) is 37.4 Å². The number of aromatic nitrogens is 2. The molecule has 6 nitrogen and oxygen atoms in total. The van der Waals surface area contributed by atoms with E-state index >= 15 is 0 Å². The van der Waals surface area contributed by atoms with Gasteiger partial charge in [-0.15, -0.1) is 0 Å². The SMILES string of the molecule is CN1CCC[C@H]1c1nc(OC[C@@]2(O)CCCN2C)nc2ccccc12. The molecular formula is C19H26N4O2. The molecule has 1 aromatic heterocycles. The number of ether oxygens (including phenoxy) is 1. The molecule has 2 aromatic rings. The summed E-state index contributed by atoms with van der Waals surface area (Å²) in [6.45, 7) is 2.17. The molecule has 2 fully saturated rings. The van der Waals surface area contributed by atoms with Crippen LogP contribution >= 0.6 is 0 Å². The van der Waals surface area contributed by atoms with Crippen molar-refractivity contribution in [3.8, 4) is 6.01 Å². The first-order valence-corrected chi connectivity index (χ1v) is 9.10. The Morgan fingerprint density at radius 3 is 2.76 bits per heavy atom. The minimum absolute atomic E-state index is 0.196. The number of rotatable bonds is 4. The molecule has 0 spiro atoms. The van der Waals surface area contributed by atoms with Gasteiger partial charge in [-0.05, 0) is 52.4 Å². The van der Waals surface area contributed by atoms with Crippen LogP contribution in [-0.2, 0) is 0 Å². The topological polar surface area (TPSA) is 61.7 Å². The van der Waals surface area contributed by atoms with Gasteiger partial charge in [0.05, 0.1) is 17.3 Å². The third-order valence-corrected chi connectivity index (χ3v) is 5.66. The Labute approximate surface area is 148 Å². The van der Waals surface area contributed by atoms with Crippen LogP contribution in [-0.4, -0.2) is 64.4 Å². The lowest BCUT2D eigenvalue weighted by molar-refractivity contribution is -0.0975. The average Bonchev–Trinajstić information content (AvgIpc) is 3.18. The van der Waals surface area contributed by atoms with Gasteiger partial charge in [-0.2, -0.15) is 9.97 Å². The van der Waals surface area contributed by atoms with Crippen molar-refractivity contribution < 1.29 is 9.84 Å². The van der Waals surface area contributed by atoms with Crippen molar-refractivity contribution in [1.29, 1.82) is 0 Å². The van der Waals surface area contributed by atoms with Crippen molar-refractivity contribution in [3.05, 3.63) is 30.0 Å². The van der Waals surface area contributed by atoms with Crippen molar-refractivity contribution in [1.82, 2.24) is 19.8 Å². The lowest BCUT2D eigenvalue weighted by Crippen LogP contribution is -2.46. The van der Waals surface area contributed by atoms with Gasteiger partial charge in [0.2, 0.25) is 0 Å². The predicted molar refractivity (Wildman–Crippen MR) is 96.5 cm³/mol. The van der Waals surface area contributed by atoms with Gasteiger partial charge < -0.3 is 9.84 Å². The molecule has 0 amide bonds. The highest BCUT2D eigenvalue weighted by molar-refractivity contribution is 5.81. The molecule has 0 unspecified atom stereocenters. The number of likely N-dealkylation sites (N-methyl/N-ethyl adjacent to an activating group) is 1. The second-order valence-electron chi connectivity index (χ2n) is 7.34. The fraction of sp³-hybridized carbons (Fsp3) is 0.579. The number of aliphatic hydroxyl groups is 1. The maximum Gasteiger partial charge on any atom is 0.317 e. The molecule has 4 rings (SSSR count). The summed E-state index contributed by atoms with van der Waals surface area (Å²) in [5, 5.41) is 11.8. The number of benzene rings is 1. The van der Waals surface area contributed by atoms with Gasteiger partial charge in [0.25, 0.3) is 0 Å². The van der Waals surface area contributed by atoms with E-state index in [0.717, 1.165) is 48.9 Å². The third-order valence-electron chi connectivity index (χ3n) is 5.66. The Bertz CT molecular complexity index is 768. The maximum absolute atomic E-state index is 10.7. The fourth-order valence-corrected chi connectivity index (χ4v) is 4.01. The molecule has 2 atom stereocenters. The standard InChI is InChI=1S/C19H26N4O2/c1-22-11-5-9-16(22)17-14-7-3-4-8-15(14)20-18(21-17)25-13-19(24)10-6-12-23(19)2/h3-4,7-8,16,24H,5-6,9-13H2,1-2H3/t16-,19-/m0/s1. The monoisotopic (exact) mass is 342 g/mol. The van der Waals surface area contributed by atoms with Crippen LogP contribution < -0.4 is 4.74 Å². The number of hydrogen-bond acceptors (Lipinski definition) is 6. The van der Waals surface area contributed by atoms with Crippen molar-refractivity contribution in [2.24, 2.45) is 0 Å². The van der Waals surface area contributed by atoms with Gasteiger partial charge >= 0.3 is 6.01 Å². The molecular weight excluding hydrogens is 316 g/mol. The van der Waals surface area contributed by atoms with Gasteiger partial charge in [-0.25, -0.2) is 0 Å². The van der Waals surface area contributed by atoms with Gasteiger partial charge in [0.1, 0.15) is 6.61 Å². The molecule has 0 saturated carbocycles. The largest absolute Gasteiger partial charge is 0.459 e. The van der Waals surface area contributed by atoms with Gasteiger partial charge in [0, 0.05) is 11.9 Å². The molecule has 0 aliphatic carbocycles. The minimum atomic E-state index is -0.917. The van der Waals surface area contributed by atoms with Crippen molar-refractivity contribution in [2.45, 2.75) is 37.5 Å². The molecule has 2 aliphatic rings. The van der Waals surface area contributed by atoms with Crippen LogP contribution in [0.2, 0.25) is 0 Å². The first-order valence-electron chi connectivity index (χ1n) is 9.10. The van der Waals surface area contributed by atoms with Gasteiger partial charge in [0.15, 0.2) is 5.72 Å². The van der Waals surface area contributed by atoms with E-state index in [1.165, 1.54) is 6.42 Å². The van der Waals surface area contributed by atoms with Crippen LogP contribution in [0.15, 0.2) is 24.3 Å². The molecule has 0 bridgehead atoms. The highest BCUT2D eigenvalue weighted by atomic mass is 16.5. The summed E-state index contributed by atoms with van der Waals surface area (Å²) < 4.78 is 5.87. The molecule has 0 radical (unpaired) electrons.